The third-order valence-corrected chi connectivity index (χ3v) is 12.0. The van der Waals surface area contributed by atoms with Gasteiger partial charge in [-0.05, 0) is 71.7 Å². The Kier molecular flexibility index (Phi) is 16.7. The lowest BCUT2D eigenvalue weighted by Crippen LogP contribution is -2.58. The molecule has 0 spiro atoms. The topological polar surface area (TPSA) is 180 Å². The van der Waals surface area contributed by atoms with Crippen molar-refractivity contribution in [3.05, 3.63) is 107 Å². The van der Waals surface area contributed by atoms with Crippen LogP contribution in [-0.2, 0) is 39.9 Å². The van der Waals surface area contributed by atoms with E-state index in [9.17, 15) is 24.3 Å². The first-order valence-corrected chi connectivity index (χ1v) is 22.3. The van der Waals surface area contributed by atoms with Gasteiger partial charge >= 0.3 is 5.97 Å². The van der Waals surface area contributed by atoms with Crippen LogP contribution in [0.15, 0.2) is 84.5 Å². The van der Waals surface area contributed by atoms with Gasteiger partial charge in [-0.3, -0.25) is 14.4 Å². The van der Waals surface area contributed by atoms with Gasteiger partial charge < -0.3 is 48.9 Å². The number of hydrogen-bond donors (Lipinski definition) is 3. The molecule has 1 saturated heterocycles. The molecule has 64 heavy (non-hydrogen) atoms. The molecular weight excluding hydrogens is 839 g/mol. The molecule has 16 heteroatoms. The summed E-state index contributed by atoms with van der Waals surface area (Å²) in [6.07, 6.45) is 1.21. The van der Waals surface area contributed by atoms with Crippen molar-refractivity contribution in [1.29, 1.82) is 0 Å². The van der Waals surface area contributed by atoms with Gasteiger partial charge in [-0.2, -0.15) is 0 Å². The number of hydrogen-bond acceptors (Lipinski definition) is 12. The Morgan fingerprint density at radius 2 is 1.58 bits per heavy atom. The Morgan fingerprint density at radius 1 is 0.891 bits per heavy atom. The molecule has 15 nitrogen and oxygen atoms in total. The van der Waals surface area contributed by atoms with E-state index in [4.69, 9.17) is 23.7 Å². The molecule has 5 aromatic rings. The van der Waals surface area contributed by atoms with Crippen LogP contribution in [0.4, 0.5) is 0 Å². The van der Waals surface area contributed by atoms with Gasteiger partial charge in [0.2, 0.25) is 17.7 Å². The molecule has 3 heterocycles. The molecule has 3 N–H and O–H groups in total. The fraction of sp³-hybridized carbons (Fsp3) is 0.438. The van der Waals surface area contributed by atoms with Crippen LogP contribution >= 0.6 is 11.3 Å². The summed E-state index contributed by atoms with van der Waals surface area (Å²) in [5.41, 5.74) is 6.56. The number of methoxy groups -OCH3 is 1. The van der Waals surface area contributed by atoms with Gasteiger partial charge in [0.15, 0.2) is 0 Å². The molecule has 6 rings (SSSR count). The number of ether oxygens (including phenoxy) is 5. The fourth-order valence-corrected chi connectivity index (χ4v) is 8.31. The van der Waals surface area contributed by atoms with Crippen LogP contribution in [0.2, 0.25) is 0 Å². The van der Waals surface area contributed by atoms with Crippen LogP contribution < -0.4 is 15.4 Å². The van der Waals surface area contributed by atoms with Crippen molar-refractivity contribution < 1.29 is 48.0 Å². The van der Waals surface area contributed by atoms with Crippen molar-refractivity contribution in [1.82, 2.24) is 25.1 Å². The Morgan fingerprint density at radius 3 is 2.23 bits per heavy atom. The van der Waals surface area contributed by atoms with E-state index in [1.54, 1.807) is 17.4 Å². The van der Waals surface area contributed by atoms with Crippen molar-refractivity contribution in [3.63, 3.8) is 0 Å². The summed E-state index contributed by atoms with van der Waals surface area (Å²) < 4.78 is 29.5. The average molecular weight is 898 g/mol. The molecule has 0 aliphatic carbocycles. The van der Waals surface area contributed by atoms with Crippen molar-refractivity contribution in [2.45, 2.75) is 71.8 Å². The van der Waals surface area contributed by atoms with Crippen molar-refractivity contribution >= 4 is 45.9 Å². The minimum absolute atomic E-state index is 0.0210. The highest BCUT2D eigenvalue weighted by molar-refractivity contribution is 7.13. The van der Waals surface area contributed by atoms with Crippen LogP contribution in [0, 0.1) is 12.3 Å². The van der Waals surface area contributed by atoms with Gasteiger partial charge in [0, 0.05) is 31.2 Å². The zero-order valence-corrected chi connectivity index (χ0v) is 38.2. The second kappa shape index (κ2) is 22.3. The van der Waals surface area contributed by atoms with E-state index < -0.39 is 35.4 Å². The number of thiazole rings is 1. The number of aliphatic hydroxyl groups excluding tert-OH is 1. The lowest BCUT2D eigenvalue weighted by atomic mass is 9.85. The predicted octanol–water partition coefficient (Wildman–Crippen LogP) is 5.71. The summed E-state index contributed by atoms with van der Waals surface area (Å²) in [6.45, 7) is 11.5. The number of esters is 1. The maximum Gasteiger partial charge on any atom is 0.337 e. The number of aryl methyl sites for hydroxylation is 1. The number of amides is 3. The van der Waals surface area contributed by atoms with Gasteiger partial charge in [-0.15, -0.1) is 11.3 Å². The molecule has 3 aromatic carbocycles. The summed E-state index contributed by atoms with van der Waals surface area (Å²) >= 11 is 1.57. The highest BCUT2D eigenvalue weighted by atomic mass is 32.1. The van der Waals surface area contributed by atoms with Gasteiger partial charge in [0.1, 0.15) is 31.0 Å². The Bertz CT molecular complexity index is 2340. The van der Waals surface area contributed by atoms with Crippen LogP contribution in [0.25, 0.3) is 21.3 Å². The number of rotatable bonds is 21. The van der Waals surface area contributed by atoms with E-state index in [0.29, 0.717) is 38.5 Å². The molecule has 1 aliphatic heterocycles. The quantitative estimate of drug-likeness (QED) is 0.0607. The number of aliphatic hydroxyl groups is 1. The average Bonchev–Trinajstić information content (AvgIpc) is 4.02. The molecule has 1 fully saturated rings. The standard InChI is InChI=1S/C48H59N5O10S/c1-31(34-9-12-36(13-10-34)43-32(2)49-30-64-43)50-45(56)41-26-38(54)28-53(41)46(57)44(48(3,4)5)51-42(55)29-62-22-21-60-19-20-61-23-24-63-39-15-7-33(8-16-39)27-52-18-17-35-11-14-37(25-40(35)52)47(58)59-6/h7-18,25,30-31,38,41,44,54H,19-24,26-29H2,1-6H3,(H,50,56)(H,51,55)/t31-,38+,41-,44+/m0/s1. The van der Waals surface area contributed by atoms with Gasteiger partial charge in [0.05, 0.1) is 73.9 Å². The number of nitrogens with zero attached hydrogens (tertiary/aromatic N) is 3. The van der Waals surface area contributed by atoms with Crippen molar-refractivity contribution in [2.24, 2.45) is 5.41 Å². The zero-order chi connectivity index (χ0) is 45.8. The minimum atomic E-state index is -0.970. The first kappa shape index (κ1) is 47.8. The SMILES string of the molecule is COC(=O)c1ccc2ccn(Cc3ccc(OCCOCCOCCOCC(=O)N[C@H](C(=O)N4C[C@H](O)C[C@H]4C(=O)N[C@@H](C)c4ccc(-c5scnc5C)cc4)C(C)(C)C)cc3)c2c1. The third kappa shape index (κ3) is 12.8. The highest BCUT2D eigenvalue weighted by Crippen LogP contribution is 2.30. The second-order valence-corrected chi connectivity index (χ2v) is 17.7. The monoisotopic (exact) mass is 897 g/mol. The summed E-state index contributed by atoms with van der Waals surface area (Å²) in [5, 5.41) is 17.4. The van der Waals surface area contributed by atoms with E-state index in [1.807, 2.05) is 113 Å². The van der Waals surface area contributed by atoms with Crippen molar-refractivity contribution in [2.75, 3.05) is 59.9 Å². The maximum absolute atomic E-state index is 14.0. The smallest absolute Gasteiger partial charge is 0.337 e. The molecule has 0 unspecified atom stereocenters. The maximum atomic E-state index is 14.0. The number of aromatic nitrogens is 2. The first-order chi connectivity index (χ1) is 30.7. The molecule has 0 saturated carbocycles. The predicted molar refractivity (Wildman–Crippen MR) is 243 cm³/mol. The summed E-state index contributed by atoms with van der Waals surface area (Å²) in [4.78, 5) is 59.3. The summed E-state index contributed by atoms with van der Waals surface area (Å²) in [6, 6.07) is 21.1. The fourth-order valence-electron chi connectivity index (χ4n) is 7.50. The van der Waals surface area contributed by atoms with Gasteiger partial charge in [-0.1, -0.05) is 63.2 Å². The Labute approximate surface area is 378 Å². The number of carbonyl (C=O) groups excluding carboxylic acids is 4. The number of β-amino-alcohol motifs (C(OH)–C–C–N with tert-alkyl or cyclic N) is 1. The molecule has 2 aromatic heterocycles. The Hall–Kier alpha value is -5.65. The number of likely N-dealkylation sites (tertiary alicyclic amines) is 1. The lowest BCUT2D eigenvalue weighted by molar-refractivity contribution is -0.144. The van der Waals surface area contributed by atoms with E-state index in [1.165, 1.54) is 12.0 Å². The third-order valence-electron chi connectivity index (χ3n) is 11.0. The Balaban J connectivity index is 0.850. The van der Waals surface area contributed by atoms with Crippen LogP contribution in [0.5, 0.6) is 5.75 Å². The second-order valence-electron chi connectivity index (χ2n) is 16.9. The molecular formula is C48H59N5O10S. The van der Waals surface area contributed by atoms with Crippen LogP contribution in [0.3, 0.4) is 0 Å². The highest BCUT2D eigenvalue weighted by Gasteiger charge is 2.44. The molecule has 1 aliphatic rings. The van der Waals surface area contributed by atoms with E-state index in [0.717, 1.165) is 43.9 Å². The summed E-state index contributed by atoms with van der Waals surface area (Å²) in [5.74, 6) is -0.948. The van der Waals surface area contributed by atoms with E-state index in [2.05, 4.69) is 20.2 Å². The summed E-state index contributed by atoms with van der Waals surface area (Å²) in [7, 11) is 1.37. The zero-order valence-electron chi connectivity index (χ0n) is 37.3. The molecule has 0 radical (unpaired) electrons. The van der Waals surface area contributed by atoms with Gasteiger partial charge in [-0.25, -0.2) is 9.78 Å². The molecule has 4 atom stereocenters. The molecule has 0 bridgehead atoms. The lowest BCUT2D eigenvalue weighted by Gasteiger charge is -2.35. The molecule has 3 amide bonds. The van der Waals surface area contributed by atoms with Crippen LogP contribution in [0.1, 0.15) is 67.3 Å². The molecule has 342 valence electrons. The minimum Gasteiger partial charge on any atom is -0.491 e. The first-order valence-electron chi connectivity index (χ1n) is 21.4. The van der Waals surface area contributed by atoms with E-state index in [-0.39, 0.29) is 50.7 Å². The van der Waals surface area contributed by atoms with Crippen LogP contribution in [-0.4, -0.2) is 121 Å². The number of fused-ring (bicyclic) bond motifs is 1. The normalized spacial score (nSPS) is 16.1. The number of carbonyl (C=O) groups is 4. The van der Waals surface area contributed by atoms with Crippen molar-refractivity contribution in [3.8, 4) is 16.2 Å². The largest absolute Gasteiger partial charge is 0.491 e. The van der Waals surface area contributed by atoms with E-state index >= 15 is 0 Å². The number of nitrogens with one attached hydrogen (secondary N) is 2. The number of benzene rings is 3. The van der Waals surface area contributed by atoms with Gasteiger partial charge in [0.25, 0.3) is 0 Å².